The van der Waals surface area contributed by atoms with Crippen molar-refractivity contribution >= 4 is 17.9 Å². The SMILES string of the molecule is CC(=O)O[C@@H]1[C@@H](O[C@@H]2O[C@H](CO)[C@@H](O)[C@H](O)[C@H]2O)[C@H](O[C@H]2CC[C@]3(C)[C@H]4CC=C5[C@@H]6CC(C)(C)CC[C@]6(C(=O)O[C@@H]6O[C@H](CO)[C@@H](O)[C@H](O)[C@H]6O)CC[C@@]5(C)[C@]4(C)CC[C@H]3C2(C)C)O[C@H](C(=O)O)[C@H]1O[C@@H]1OC[C@@H](O)[C@H](O)[C@H]1O. The molecule has 8 fully saturated rings. The van der Waals surface area contributed by atoms with Gasteiger partial charge >= 0.3 is 17.9 Å². The largest absolute Gasteiger partial charge is 0.479 e. The maximum atomic E-state index is 14.8. The number of hydrogen-bond donors (Lipinski definition) is 12. The number of aliphatic carboxylic acids is 1. The topological polar surface area (TPSA) is 377 Å². The summed E-state index contributed by atoms with van der Waals surface area (Å²) in [6, 6.07) is 0. The molecule has 24 nitrogen and oxygen atoms in total. The van der Waals surface area contributed by atoms with Crippen LogP contribution in [0.3, 0.4) is 0 Å². The van der Waals surface area contributed by atoms with Gasteiger partial charge in [0.15, 0.2) is 37.2 Å². The summed E-state index contributed by atoms with van der Waals surface area (Å²) < 4.78 is 54.2. The molecule has 4 saturated carbocycles. The summed E-state index contributed by atoms with van der Waals surface area (Å²) >= 11 is 0. The van der Waals surface area contributed by atoms with Gasteiger partial charge in [0.2, 0.25) is 6.29 Å². The number of hydrogen-bond acceptors (Lipinski definition) is 23. The summed E-state index contributed by atoms with van der Waals surface area (Å²) in [4.78, 5) is 41.1. The van der Waals surface area contributed by atoms with Gasteiger partial charge in [-0.15, -0.1) is 0 Å². The van der Waals surface area contributed by atoms with E-state index >= 15 is 0 Å². The van der Waals surface area contributed by atoms with Crippen LogP contribution in [-0.4, -0.2) is 222 Å². The molecule has 0 bridgehead atoms. The minimum absolute atomic E-state index is 0.0177. The number of carboxylic acids is 1. The van der Waals surface area contributed by atoms with Crippen molar-refractivity contribution in [3.8, 4) is 0 Å². The summed E-state index contributed by atoms with van der Waals surface area (Å²) in [7, 11) is 0. The Hall–Kier alpha value is -2.57. The quantitative estimate of drug-likeness (QED) is 0.0651. The van der Waals surface area contributed by atoms with Gasteiger partial charge in [-0.1, -0.05) is 60.1 Å². The van der Waals surface area contributed by atoms with E-state index in [0.717, 1.165) is 26.2 Å². The van der Waals surface area contributed by atoms with Gasteiger partial charge in [-0.3, -0.25) is 9.59 Å². The lowest BCUT2D eigenvalue weighted by atomic mass is 9.33. The van der Waals surface area contributed by atoms with E-state index in [1.54, 1.807) is 0 Å². The lowest BCUT2D eigenvalue weighted by molar-refractivity contribution is -0.388. The van der Waals surface area contributed by atoms with Crippen molar-refractivity contribution in [2.45, 2.75) is 242 Å². The first-order valence-corrected chi connectivity index (χ1v) is 28.1. The van der Waals surface area contributed by atoms with Gasteiger partial charge in [0.1, 0.15) is 73.2 Å². The van der Waals surface area contributed by atoms with Crippen LogP contribution in [0.1, 0.15) is 120 Å². The van der Waals surface area contributed by atoms with E-state index in [1.807, 2.05) is 0 Å². The average molecular weight is 1130 g/mol. The summed E-state index contributed by atoms with van der Waals surface area (Å²) in [5, 5.41) is 127. The fourth-order valence-electron chi connectivity index (χ4n) is 16.5. The highest BCUT2D eigenvalue weighted by molar-refractivity contribution is 5.79. The minimum atomic E-state index is -2.04. The number of fused-ring (bicyclic) bond motifs is 7. The highest BCUT2D eigenvalue weighted by atomic mass is 16.8. The van der Waals surface area contributed by atoms with Crippen LogP contribution in [0.15, 0.2) is 11.6 Å². The van der Waals surface area contributed by atoms with Crippen molar-refractivity contribution < 1.29 is 118 Å². The maximum absolute atomic E-state index is 14.8. The molecule has 0 aromatic rings. The first-order chi connectivity index (χ1) is 36.9. The van der Waals surface area contributed by atoms with E-state index < -0.39 is 171 Å². The second-order valence-electron chi connectivity index (χ2n) is 26.4. The van der Waals surface area contributed by atoms with Crippen molar-refractivity contribution in [1.82, 2.24) is 0 Å². The molecule has 4 saturated heterocycles. The van der Waals surface area contributed by atoms with Gasteiger partial charge in [0, 0.05) is 6.92 Å². The lowest BCUT2D eigenvalue weighted by Crippen LogP contribution is -2.68. The summed E-state index contributed by atoms with van der Waals surface area (Å²) in [5.74, 6) is -3.24. The highest BCUT2D eigenvalue weighted by Crippen LogP contribution is 2.76. The molecule has 79 heavy (non-hydrogen) atoms. The maximum Gasteiger partial charge on any atom is 0.335 e. The molecule has 12 N–H and O–H groups in total. The Bertz CT molecular complexity index is 2260. The first-order valence-electron chi connectivity index (χ1n) is 28.1. The molecule has 24 heteroatoms. The van der Waals surface area contributed by atoms with Crippen molar-refractivity contribution in [1.29, 1.82) is 0 Å². The number of aliphatic hydroxyl groups is 11. The molecule has 4 aliphatic heterocycles. The van der Waals surface area contributed by atoms with E-state index in [-0.39, 0.29) is 39.4 Å². The number of aliphatic hydroxyl groups excluding tert-OH is 11. The molecule has 5 aliphatic carbocycles. The standard InChI is InChI=1S/C55H86O24/c1-23(58)72-41-40(76-45-37(65)32(60)26(59)22-71-45)42(44(68)69)77-48(43(41)78-46-38(66)35(63)33(61)27(20-56)73-46)75-31-12-13-52(6)29(51(31,4)5)11-14-54(8)30(52)10-9-24-25-19-50(2,3)15-17-55(25,18-16-53(24,54)7)49(70)79-47-39(67)36(64)34(62)28(21-57)74-47/h9,25-43,45-48,56-57,59-67H,10-22H2,1-8H3,(H,68,69)/t25-,26+,27+,28+,29-,30+,31-,32-,33+,34+,35-,36-,37+,38+,39+,40-,41-,42-,43+,45-,46-,47-,48+,52-,53+,54+,55-/m0/s1. The van der Waals surface area contributed by atoms with Gasteiger partial charge in [0.05, 0.1) is 31.3 Å². The summed E-state index contributed by atoms with van der Waals surface area (Å²) in [5.41, 5.74) is -1.54. The number of carbonyl (C=O) groups excluding carboxylic acids is 2. The van der Waals surface area contributed by atoms with Crippen LogP contribution in [0, 0.1) is 50.2 Å². The minimum Gasteiger partial charge on any atom is -0.479 e. The molecule has 0 amide bonds. The number of allylic oxidation sites excluding steroid dienone is 2. The molecule has 0 aromatic heterocycles. The fraction of sp³-hybridized carbons (Fsp3) is 0.909. The third kappa shape index (κ3) is 10.2. The van der Waals surface area contributed by atoms with E-state index in [0.29, 0.717) is 44.9 Å². The van der Waals surface area contributed by atoms with Gasteiger partial charge in [-0.25, -0.2) is 4.79 Å². The van der Waals surface area contributed by atoms with Crippen LogP contribution in [0.25, 0.3) is 0 Å². The molecule has 450 valence electrons. The molecular weight excluding hydrogens is 1040 g/mol. The normalized spacial score (nSPS) is 51.3. The van der Waals surface area contributed by atoms with Crippen LogP contribution in [-0.2, 0) is 57.0 Å². The van der Waals surface area contributed by atoms with E-state index in [4.69, 9.17) is 42.6 Å². The smallest absolute Gasteiger partial charge is 0.335 e. The average Bonchev–Trinajstić information content (AvgIpc) is 2.88. The zero-order valence-electron chi connectivity index (χ0n) is 46.3. The molecular formula is C55H86O24. The van der Waals surface area contributed by atoms with Crippen LogP contribution in [0.5, 0.6) is 0 Å². The Morgan fingerprint density at radius 2 is 1.20 bits per heavy atom. The van der Waals surface area contributed by atoms with Gasteiger partial charge in [-0.2, -0.15) is 0 Å². The second-order valence-corrected chi connectivity index (χ2v) is 26.4. The molecule has 0 spiro atoms. The third-order valence-electron chi connectivity index (χ3n) is 21.3. The molecule has 9 aliphatic rings. The third-order valence-corrected chi connectivity index (χ3v) is 21.3. The van der Waals surface area contributed by atoms with Crippen LogP contribution >= 0.6 is 0 Å². The Labute approximate surface area is 459 Å². The monoisotopic (exact) mass is 1130 g/mol. The second kappa shape index (κ2) is 22.1. The van der Waals surface area contributed by atoms with Crippen molar-refractivity contribution in [3.05, 3.63) is 11.6 Å². The summed E-state index contributed by atoms with van der Waals surface area (Å²) in [6.07, 6.45) is -25.2. The summed E-state index contributed by atoms with van der Waals surface area (Å²) in [6.45, 7) is 14.6. The molecule has 9 rings (SSSR count). The number of rotatable bonds is 12. The molecule has 0 radical (unpaired) electrons. The van der Waals surface area contributed by atoms with Crippen LogP contribution in [0.4, 0.5) is 0 Å². The number of ether oxygens (including phenoxy) is 9. The van der Waals surface area contributed by atoms with Gasteiger partial charge < -0.3 is 104 Å². The number of esters is 2. The molecule has 4 heterocycles. The van der Waals surface area contributed by atoms with E-state index in [9.17, 15) is 75.7 Å². The Balaban J connectivity index is 1.01. The zero-order valence-corrected chi connectivity index (χ0v) is 46.3. The van der Waals surface area contributed by atoms with Crippen LogP contribution < -0.4 is 0 Å². The van der Waals surface area contributed by atoms with Crippen molar-refractivity contribution in [3.63, 3.8) is 0 Å². The Morgan fingerprint density at radius 3 is 1.82 bits per heavy atom. The van der Waals surface area contributed by atoms with Crippen molar-refractivity contribution in [2.24, 2.45) is 50.2 Å². The highest BCUT2D eigenvalue weighted by Gasteiger charge is 2.70. The Kier molecular flexibility index (Phi) is 17.1. The lowest BCUT2D eigenvalue weighted by Gasteiger charge is -2.71. The van der Waals surface area contributed by atoms with Gasteiger partial charge in [-0.05, 0) is 109 Å². The zero-order chi connectivity index (χ0) is 57.9. The fourth-order valence-corrected chi connectivity index (χ4v) is 16.5. The predicted octanol–water partition coefficient (Wildman–Crippen LogP) is -0.733. The number of carbonyl (C=O) groups is 3. The predicted molar refractivity (Wildman–Crippen MR) is 267 cm³/mol. The first kappa shape index (κ1) is 61.0. The van der Waals surface area contributed by atoms with E-state index in [2.05, 4.69) is 54.5 Å². The van der Waals surface area contributed by atoms with Crippen LogP contribution in [0.2, 0.25) is 0 Å². The van der Waals surface area contributed by atoms with E-state index in [1.165, 1.54) is 5.57 Å². The van der Waals surface area contributed by atoms with Crippen molar-refractivity contribution in [2.75, 3.05) is 19.8 Å². The molecule has 27 atom stereocenters. The molecule has 0 unspecified atom stereocenters. The van der Waals surface area contributed by atoms with Gasteiger partial charge in [0.25, 0.3) is 0 Å². The molecule has 0 aromatic carbocycles. The Morgan fingerprint density at radius 1 is 0.608 bits per heavy atom. The number of carboxylic acid groups (broad SMARTS) is 1.